The van der Waals surface area contributed by atoms with Crippen molar-refractivity contribution in [1.82, 2.24) is 0 Å². The van der Waals surface area contributed by atoms with E-state index in [0.717, 1.165) is 24.1 Å². The normalized spacial score (nSPS) is 20.0. The zero-order valence-corrected chi connectivity index (χ0v) is 15.5. The maximum Gasteiger partial charge on any atom is 0.235 e. The number of fused-ring (bicyclic) bond motifs is 2. The van der Waals surface area contributed by atoms with Crippen LogP contribution in [-0.4, -0.2) is 20.7 Å². The van der Waals surface area contributed by atoms with Crippen LogP contribution in [0.25, 0.3) is 0 Å². The van der Waals surface area contributed by atoms with Gasteiger partial charge >= 0.3 is 0 Å². The summed E-state index contributed by atoms with van der Waals surface area (Å²) in [5.41, 5.74) is 3.27. The number of nitrogens with zero attached hydrogens (tertiary/aromatic N) is 1. The molecule has 3 nitrogen and oxygen atoms in total. The molecule has 1 fully saturated rings. The lowest BCUT2D eigenvalue weighted by Crippen LogP contribution is -2.37. The molecule has 4 heteroatoms. The van der Waals surface area contributed by atoms with Crippen LogP contribution in [0.1, 0.15) is 49.7 Å². The van der Waals surface area contributed by atoms with Crippen LogP contribution in [0.2, 0.25) is 0 Å². The molecule has 0 N–H and O–H groups in total. The second kappa shape index (κ2) is 6.17. The highest BCUT2D eigenvalue weighted by Crippen LogP contribution is 2.51. The lowest BCUT2D eigenvalue weighted by atomic mass is 9.81. The summed E-state index contributed by atoms with van der Waals surface area (Å²) in [6.07, 6.45) is 4.60. The van der Waals surface area contributed by atoms with E-state index in [1.54, 1.807) is 4.31 Å². The summed E-state index contributed by atoms with van der Waals surface area (Å²) in [5.74, 6) is 0.139. The van der Waals surface area contributed by atoms with Crippen LogP contribution in [0.3, 0.4) is 0 Å². The first-order valence-electron chi connectivity index (χ1n) is 9.17. The van der Waals surface area contributed by atoms with Crippen molar-refractivity contribution in [2.24, 2.45) is 0 Å². The minimum Gasteiger partial charge on any atom is -0.269 e. The van der Waals surface area contributed by atoms with Crippen LogP contribution in [0.5, 0.6) is 0 Å². The molecular weight excluding hydrogens is 330 g/mol. The highest BCUT2D eigenvalue weighted by molar-refractivity contribution is 7.92. The van der Waals surface area contributed by atoms with Crippen LogP contribution in [-0.2, 0) is 15.4 Å². The van der Waals surface area contributed by atoms with Crippen molar-refractivity contribution in [3.05, 3.63) is 65.7 Å². The predicted octanol–water partition coefficient (Wildman–Crippen LogP) is 4.45. The van der Waals surface area contributed by atoms with Crippen molar-refractivity contribution >= 4 is 15.7 Å². The summed E-state index contributed by atoms with van der Waals surface area (Å²) >= 11 is 0. The SMILES string of the molecule is CC(CS(=O)(=O)N1CC2(CCCC2)c2ccccc21)c1ccccc1. The average Bonchev–Trinajstić information content (AvgIpc) is 3.22. The fourth-order valence-electron chi connectivity index (χ4n) is 4.60. The van der Waals surface area contributed by atoms with Gasteiger partial charge < -0.3 is 0 Å². The topological polar surface area (TPSA) is 37.4 Å². The van der Waals surface area contributed by atoms with Crippen molar-refractivity contribution in [1.29, 1.82) is 0 Å². The summed E-state index contributed by atoms with van der Waals surface area (Å²) in [6, 6.07) is 18.0. The van der Waals surface area contributed by atoms with E-state index in [0.29, 0.717) is 6.54 Å². The van der Waals surface area contributed by atoms with Gasteiger partial charge in [-0.1, -0.05) is 68.3 Å². The zero-order chi connectivity index (χ0) is 17.5. The maximum atomic E-state index is 13.2. The van der Waals surface area contributed by atoms with E-state index < -0.39 is 10.0 Å². The van der Waals surface area contributed by atoms with Gasteiger partial charge in [0.15, 0.2) is 0 Å². The quantitative estimate of drug-likeness (QED) is 0.812. The van der Waals surface area contributed by atoms with E-state index in [1.165, 1.54) is 18.4 Å². The molecule has 1 atom stereocenters. The van der Waals surface area contributed by atoms with E-state index in [1.807, 2.05) is 55.5 Å². The van der Waals surface area contributed by atoms with Gasteiger partial charge in [0, 0.05) is 12.0 Å². The van der Waals surface area contributed by atoms with Crippen LogP contribution in [0.4, 0.5) is 5.69 Å². The molecule has 1 aliphatic carbocycles. The molecule has 1 spiro atoms. The molecule has 0 aromatic heterocycles. The maximum absolute atomic E-state index is 13.2. The Balaban J connectivity index is 1.65. The van der Waals surface area contributed by atoms with Gasteiger partial charge in [-0.3, -0.25) is 4.31 Å². The van der Waals surface area contributed by atoms with E-state index in [9.17, 15) is 8.42 Å². The van der Waals surface area contributed by atoms with Crippen LogP contribution in [0, 0.1) is 0 Å². The molecule has 1 aliphatic heterocycles. The van der Waals surface area contributed by atoms with E-state index in [-0.39, 0.29) is 17.1 Å². The molecule has 0 amide bonds. The first-order valence-corrected chi connectivity index (χ1v) is 10.8. The summed E-state index contributed by atoms with van der Waals surface area (Å²) in [4.78, 5) is 0. The number of rotatable bonds is 4. The zero-order valence-electron chi connectivity index (χ0n) is 14.7. The molecule has 0 saturated heterocycles. The van der Waals surface area contributed by atoms with Gasteiger partial charge in [-0.15, -0.1) is 0 Å². The van der Waals surface area contributed by atoms with Crippen LogP contribution >= 0.6 is 0 Å². The Kier molecular flexibility index (Phi) is 4.11. The molecule has 1 saturated carbocycles. The predicted molar refractivity (Wildman–Crippen MR) is 103 cm³/mol. The number of anilines is 1. The molecule has 2 aliphatic rings. The number of sulfonamides is 1. The molecular formula is C21H25NO2S. The summed E-state index contributed by atoms with van der Waals surface area (Å²) in [7, 11) is -3.35. The standard InChI is InChI=1S/C21H25NO2S/c1-17(18-9-3-2-4-10-18)15-25(23,24)22-16-21(13-7-8-14-21)19-11-5-6-12-20(19)22/h2-6,9-12,17H,7-8,13-16H2,1H3. The minimum absolute atomic E-state index is 0.0153. The van der Waals surface area contributed by atoms with Gasteiger partial charge in [0.1, 0.15) is 0 Å². The van der Waals surface area contributed by atoms with Gasteiger partial charge in [-0.05, 0) is 36.0 Å². The Morgan fingerprint density at radius 2 is 1.64 bits per heavy atom. The monoisotopic (exact) mass is 355 g/mol. The van der Waals surface area contributed by atoms with E-state index in [2.05, 4.69) is 6.07 Å². The number of hydrogen-bond donors (Lipinski definition) is 0. The van der Waals surface area contributed by atoms with Gasteiger partial charge in [0.25, 0.3) is 0 Å². The lowest BCUT2D eigenvalue weighted by Gasteiger charge is -2.26. The molecule has 4 rings (SSSR count). The molecule has 2 aromatic rings. The van der Waals surface area contributed by atoms with Crippen molar-refractivity contribution in [2.45, 2.75) is 43.9 Å². The molecule has 1 heterocycles. The summed E-state index contributed by atoms with van der Waals surface area (Å²) in [5, 5.41) is 0. The Morgan fingerprint density at radius 3 is 2.36 bits per heavy atom. The fourth-order valence-corrected chi connectivity index (χ4v) is 6.50. The first kappa shape index (κ1) is 16.6. The number of benzene rings is 2. The third-order valence-corrected chi connectivity index (χ3v) is 7.83. The van der Waals surface area contributed by atoms with Gasteiger partial charge in [0.05, 0.1) is 11.4 Å². The largest absolute Gasteiger partial charge is 0.269 e. The summed E-state index contributed by atoms with van der Waals surface area (Å²) in [6.45, 7) is 2.62. The van der Waals surface area contributed by atoms with Gasteiger partial charge in [-0.25, -0.2) is 8.42 Å². The highest BCUT2D eigenvalue weighted by atomic mass is 32.2. The van der Waals surface area contributed by atoms with Crippen LogP contribution in [0.15, 0.2) is 54.6 Å². The third kappa shape index (κ3) is 2.86. The summed E-state index contributed by atoms with van der Waals surface area (Å²) < 4.78 is 28.2. The van der Waals surface area contributed by atoms with E-state index in [4.69, 9.17) is 0 Å². The van der Waals surface area contributed by atoms with Gasteiger partial charge in [0.2, 0.25) is 10.0 Å². The minimum atomic E-state index is -3.35. The van der Waals surface area contributed by atoms with Crippen LogP contribution < -0.4 is 4.31 Å². The second-order valence-corrected chi connectivity index (χ2v) is 9.54. The Labute approximate surface area is 150 Å². The molecule has 0 bridgehead atoms. The molecule has 25 heavy (non-hydrogen) atoms. The lowest BCUT2D eigenvalue weighted by molar-refractivity contribution is 0.476. The van der Waals surface area contributed by atoms with Gasteiger partial charge in [-0.2, -0.15) is 0 Å². The average molecular weight is 356 g/mol. The Morgan fingerprint density at radius 1 is 1.00 bits per heavy atom. The Bertz CT molecular complexity index is 854. The molecule has 132 valence electrons. The van der Waals surface area contributed by atoms with Crippen molar-refractivity contribution < 1.29 is 8.42 Å². The van der Waals surface area contributed by atoms with E-state index >= 15 is 0 Å². The number of para-hydroxylation sites is 1. The van der Waals surface area contributed by atoms with Crippen molar-refractivity contribution in [3.8, 4) is 0 Å². The second-order valence-electron chi connectivity index (χ2n) is 7.60. The highest BCUT2D eigenvalue weighted by Gasteiger charge is 2.47. The first-order chi connectivity index (χ1) is 12.0. The number of hydrogen-bond acceptors (Lipinski definition) is 2. The third-order valence-electron chi connectivity index (χ3n) is 5.92. The fraction of sp³-hybridized carbons (Fsp3) is 0.429. The Hall–Kier alpha value is -1.81. The molecule has 2 aromatic carbocycles. The van der Waals surface area contributed by atoms with Crippen molar-refractivity contribution in [3.63, 3.8) is 0 Å². The smallest absolute Gasteiger partial charge is 0.235 e. The molecule has 0 radical (unpaired) electrons. The molecule has 1 unspecified atom stereocenters. The van der Waals surface area contributed by atoms with Crippen molar-refractivity contribution in [2.75, 3.05) is 16.6 Å².